The zero-order valence-electron chi connectivity index (χ0n) is 24.6. The second-order valence-corrected chi connectivity index (χ2v) is 11.1. The summed E-state index contributed by atoms with van der Waals surface area (Å²) < 4.78 is 0. The molecule has 5 rings (SSSR count). The number of phenolic OH excluding ortho intramolecular Hbond substituents is 1. The van der Waals surface area contributed by atoms with Gasteiger partial charge in [-0.2, -0.15) is 0 Å². The maximum Gasteiger partial charge on any atom is 0.315 e. The van der Waals surface area contributed by atoms with E-state index in [0.29, 0.717) is 42.7 Å². The number of pyridine rings is 2. The molecular weight excluding hydrogens is 542 g/mol. The predicted octanol–water partition coefficient (Wildman–Crippen LogP) is 5.62. The van der Waals surface area contributed by atoms with E-state index in [9.17, 15) is 19.5 Å². The Morgan fingerprint density at radius 1 is 1.00 bits per heavy atom. The highest BCUT2D eigenvalue weighted by molar-refractivity contribution is 6.17. The van der Waals surface area contributed by atoms with E-state index in [1.807, 2.05) is 43.3 Å². The van der Waals surface area contributed by atoms with Crippen molar-refractivity contribution in [2.45, 2.75) is 45.6 Å². The third kappa shape index (κ3) is 5.97. The van der Waals surface area contributed by atoms with Gasteiger partial charge in [-0.15, -0.1) is 0 Å². The third-order valence-corrected chi connectivity index (χ3v) is 7.77. The summed E-state index contributed by atoms with van der Waals surface area (Å²) in [5, 5.41) is 17.7. The van der Waals surface area contributed by atoms with Crippen LogP contribution in [0.3, 0.4) is 0 Å². The molecule has 4 aromatic rings. The Labute approximate surface area is 251 Å². The number of urea groups is 1. The van der Waals surface area contributed by atoms with Gasteiger partial charge in [-0.05, 0) is 72.2 Å². The molecule has 2 aromatic heterocycles. The molecule has 0 radical (unpaired) electrons. The normalized spacial score (nSPS) is 13.9. The van der Waals surface area contributed by atoms with Crippen LogP contribution in [0.25, 0.3) is 11.1 Å². The monoisotopic (exact) mass is 577 g/mol. The van der Waals surface area contributed by atoms with E-state index in [1.165, 1.54) is 17.3 Å². The second kappa shape index (κ2) is 12.4. The molecule has 3 heterocycles. The number of nitrogens with one attached hydrogen (secondary N) is 2. The Morgan fingerprint density at radius 2 is 1.77 bits per heavy atom. The van der Waals surface area contributed by atoms with Gasteiger partial charge in [-0.3, -0.25) is 19.6 Å². The molecule has 3 N–H and O–H groups in total. The SMILES string of the molecule is CCNC(=O)NCc1cc(-c2ccccc2)c2c(O)c1N(C(=O)c1cccnc1C(=O)c1cccnc1)CCCC2(C)C. The largest absolute Gasteiger partial charge is 0.505 e. The van der Waals surface area contributed by atoms with Crippen molar-refractivity contribution in [1.29, 1.82) is 0 Å². The number of phenols is 1. The first kappa shape index (κ1) is 29.4. The lowest BCUT2D eigenvalue weighted by Gasteiger charge is -2.37. The van der Waals surface area contributed by atoms with Gasteiger partial charge in [0, 0.05) is 49.4 Å². The van der Waals surface area contributed by atoms with Gasteiger partial charge in [0.2, 0.25) is 5.78 Å². The summed E-state index contributed by atoms with van der Waals surface area (Å²) in [5.41, 5.74) is 3.39. The molecule has 0 aliphatic carbocycles. The van der Waals surface area contributed by atoms with Crippen molar-refractivity contribution in [2.75, 3.05) is 18.0 Å². The lowest BCUT2D eigenvalue weighted by Crippen LogP contribution is -2.39. The number of hydrogen-bond acceptors (Lipinski definition) is 6. The van der Waals surface area contributed by atoms with Gasteiger partial charge in [-0.25, -0.2) is 4.79 Å². The first-order chi connectivity index (χ1) is 20.7. The highest BCUT2D eigenvalue weighted by Crippen LogP contribution is 2.49. The van der Waals surface area contributed by atoms with Crippen LogP contribution in [0.5, 0.6) is 5.75 Å². The maximum atomic E-state index is 14.4. The molecule has 2 aromatic carbocycles. The molecule has 0 unspecified atom stereocenters. The Kier molecular flexibility index (Phi) is 8.52. The fourth-order valence-corrected chi connectivity index (χ4v) is 5.73. The third-order valence-electron chi connectivity index (χ3n) is 7.77. The van der Waals surface area contributed by atoms with Gasteiger partial charge in [0.15, 0.2) is 0 Å². The lowest BCUT2D eigenvalue weighted by molar-refractivity contribution is 0.0966. The Balaban J connectivity index is 1.69. The van der Waals surface area contributed by atoms with Crippen molar-refractivity contribution in [3.63, 3.8) is 0 Å². The van der Waals surface area contributed by atoms with Crippen molar-refractivity contribution >= 4 is 23.4 Å². The minimum absolute atomic E-state index is 0.00510. The number of aromatic nitrogens is 2. The predicted molar refractivity (Wildman–Crippen MR) is 165 cm³/mol. The fraction of sp³-hybridized carbons (Fsp3) is 0.265. The number of nitrogens with zero attached hydrogens (tertiary/aromatic N) is 3. The lowest BCUT2D eigenvalue weighted by atomic mass is 9.74. The van der Waals surface area contributed by atoms with E-state index in [4.69, 9.17) is 0 Å². The van der Waals surface area contributed by atoms with E-state index >= 15 is 0 Å². The van der Waals surface area contributed by atoms with Gasteiger partial charge in [0.1, 0.15) is 11.4 Å². The Bertz CT molecular complexity index is 1650. The minimum atomic E-state index is -0.465. The molecule has 0 spiro atoms. The molecule has 1 aliphatic heterocycles. The number of carbonyl (C=O) groups excluding carboxylic acids is 3. The Hall–Kier alpha value is -5.05. The van der Waals surface area contributed by atoms with Crippen LogP contribution < -0.4 is 15.5 Å². The highest BCUT2D eigenvalue weighted by atomic mass is 16.3. The number of anilines is 1. The summed E-state index contributed by atoms with van der Waals surface area (Å²) >= 11 is 0. The van der Waals surface area contributed by atoms with Crippen molar-refractivity contribution < 1.29 is 19.5 Å². The summed E-state index contributed by atoms with van der Waals surface area (Å²) in [6.45, 7) is 6.82. The van der Waals surface area contributed by atoms with Crippen LogP contribution in [0, 0.1) is 0 Å². The zero-order valence-corrected chi connectivity index (χ0v) is 24.6. The van der Waals surface area contributed by atoms with Gasteiger partial charge < -0.3 is 20.6 Å². The van der Waals surface area contributed by atoms with Crippen molar-refractivity contribution in [2.24, 2.45) is 0 Å². The van der Waals surface area contributed by atoms with E-state index in [0.717, 1.165) is 16.7 Å². The van der Waals surface area contributed by atoms with E-state index in [2.05, 4.69) is 34.4 Å². The molecule has 9 nitrogen and oxygen atoms in total. The number of amides is 3. The number of fused-ring (bicyclic) bond motifs is 2. The zero-order chi connectivity index (χ0) is 30.6. The number of hydrogen-bond donors (Lipinski definition) is 3. The molecule has 220 valence electrons. The van der Waals surface area contributed by atoms with Gasteiger partial charge in [0.05, 0.1) is 11.3 Å². The number of aromatic hydroxyl groups is 1. The van der Waals surface area contributed by atoms with Crippen molar-refractivity contribution in [1.82, 2.24) is 20.6 Å². The number of rotatable bonds is 7. The molecule has 2 bridgehead atoms. The van der Waals surface area contributed by atoms with Crippen LogP contribution in [0.2, 0.25) is 0 Å². The van der Waals surface area contributed by atoms with Crippen LogP contribution in [-0.2, 0) is 12.0 Å². The van der Waals surface area contributed by atoms with Crippen LogP contribution in [0.4, 0.5) is 10.5 Å². The summed E-state index contributed by atoms with van der Waals surface area (Å²) in [6.07, 6.45) is 5.83. The molecule has 1 aliphatic rings. The van der Waals surface area contributed by atoms with Crippen molar-refractivity contribution in [3.05, 3.63) is 107 Å². The topological polar surface area (TPSA) is 125 Å². The standard InChI is InChI=1S/C34H35N5O4/c1-4-36-33(43)38-21-24-19-26(22-11-6-5-7-12-22)27-31(41)29(24)39(18-10-15-34(27,2)3)32(42)25-14-9-17-37-28(25)30(40)23-13-8-16-35-20-23/h5-9,11-14,16-17,19-20,41H,4,10,15,18,21H2,1-3H3,(H2,36,38,43). The number of ketones is 1. The first-order valence-corrected chi connectivity index (χ1v) is 14.4. The second-order valence-electron chi connectivity index (χ2n) is 11.1. The molecular formula is C34H35N5O4. The van der Waals surface area contributed by atoms with Crippen LogP contribution in [0.15, 0.2) is 79.3 Å². The molecule has 9 heteroatoms. The van der Waals surface area contributed by atoms with Gasteiger partial charge >= 0.3 is 6.03 Å². The summed E-state index contributed by atoms with van der Waals surface area (Å²) in [6, 6.07) is 17.8. The smallest absolute Gasteiger partial charge is 0.315 e. The highest BCUT2D eigenvalue weighted by Gasteiger charge is 2.37. The minimum Gasteiger partial charge on any atom is -0.505 e. The molecule has 0 fully saturated rings. The summed E-state index contributed by atoms with van der Waals surface area (Å²) in [7, 11) is 0. The molecule has 43 heavy (non-hydrogen) atoms. The van der Waals surface area contributed by atoms with E-state index < -0.39 is 17.1 Å². The fourth-order valence-electron chi connectivity index (χ4n) is 5.73. The summed E-state index contributed by atoms with van der Waals surface area (Å²) in [4.78, 5) is 50.1. The Morgan fingerprint density at radius 3 is 2.49 bits per heavy atom. The number of benzene rings is 2. The number of carbonyl (C=O) groups is 3. The molecule has 0 saturated heterocycles. The van der Waals surface area contributed by atoms with Gasteiger partial charge in [0.25, 0.3) is 5.91 Å². The van der Waals surface area contributed by atoms with E-state index in [1.54, 1.807) is 30.5 Å². The van der Waals surface area contributed by atoms with Gasteiger partial charge in [-0.1, -0.05) is 44.2 Å². The average Bonchev–Trinajstić information content (AvgIpc) is 3.02. The maximum absolute atomic E-state index is 14.4. The summed E-state index contributed by atoms with van der Waals surface area (Å²) in [5.74, 6) is -0.906. The quantitative estimate of drug-likeness (QED) is 0.245. The average molecular weight is 578 g/mol. The van der Waals surface area contributed by atoms with Crippen molar-refractivity contribution in [3.8, 4) is 16.9 Å². The van der Waals surface area contributed by atoms with E-state index in [-0.39, 0.29) is 29.6 Å². The van der Waals surface area contributed by atoms with Crippen LogP contribution in [-0.4, -0.2) is 45.9 Å². The molecule has 3 amide bonds. The first-order valence-electron chi connectivity index (χ1n) is 14.4. The van der Waals surface area contributed by atoms with Crippen LogP contribution in [0.1, 0.15) is 71.1 Å². The molecule has 0 atom stereocenters. The molecule has 0 saturated carbocycles. The van der Waals surface area contributed by atoms with Crippen LogP contribution >= 0.6 is 0 Å².